The number of fused-ring (bicyclic) bond motifs is 4. The summed E-state index contributed by atoms with van der Waals surface area (Å²) in [5, 5.41) is 5.14. The van der Waals surface area contributed by atoms with Crippen LogP contribution in [0.4, 0.5) is 0 Å². The SMILES string of the molecule is C1=C(c2cn3ccccc3n2)CCC(c2c3ccccc3c(-c3ccc(-c4cn5ccccc5n4)cc3)c3ccccc23)=C1. The molecule has 0 saturated heterocycles. The van der Waals surface area contributed by atoms with Crippen LogP contribution in [-0.4, -0.2) is 18.8 Å². The van der Waals surface area contributed by atoms with Crippen molar-refractivity contribution in [2.45, 2.75) is 12.8 Å². The van der Waals surface area contributed by atoms with E-state index < -0.39 is 0 Å². The van der Waals surface area contributed by atoms with Gasteiger partial charge in [-0.3, -0.25) is 0 Å². The van der Waals surface area contributed by atoms with Gasteiger partial charge in [0.25, 0.3) is 0 Å². The quantitative estimate of drug-likeness (QED) is 0.199. The molecule has 4 heterocycles. The molecule has 0 bridgehead atoms. The van der Waals surface area contributed by atoms with E-state index in [4.69, 9.17) is 9.97 Å². The summed E-state index contributed by atoms with van der Waals surface area (Å²) >= 11 is 0. The summed E-state index contributed by atoms with van der Waals surface area (Å²) in [6.45, 7) is 0. The number of benzene rings is 4. The summed E-state index contributed by atoms with van der Waals surface area (Å²) in [6, 6.07) is 38.9. The van der Waals surface area contributed by atoms with E-state index in [1.165, 1.54) is 49.4 Å². The molecule has 0 saturated carbocycles. The lowest BCUT2D eigenvalue weighted by Gasteiger charge is -2.21. The van der Waals surface area contributed by atoms with Crippen LogP contribution in [-0.2, 0) is 0 Å². The molecule has 0 spiro atoms. The summed E-state index contributed by atoms with van der Waals surface area (Å²) < 4.78 is 4.16. The molecule has 4 nitrogen and oxygen atoms in total. The molecule has 4 heteroatoms. The van der Waals surface area contributed by atoms with Crippen molar-refractivity contribution in [2.75, 3.05) is 0 Å². The highest BCUT2D eigenvalue weighted by atomic mass is 15.0. The fourth-order valence-electron chi connectivity index (χ4n) is 6.82. The van der Waals surface area contributed by atoms with Crippen LogP contribution in [0.3, 0.4) is 0 Å². The Kier molecular flexibility index (Phi) is 5.60. The van der Waals surface area contributed by atoms with Gasteiger partial charge in [0.15, 0.2) is 0 Å². The van der Waals surface area contributed by atoms with Crippen molar-refractivity contribution in [3.05, 3.63) is 157 Å². The van der Waals surface area contributed by atoms with Gasteiger partial charge in [-0.25, -0.2) is 9.97 Å². The van der Waals surface area contributed by atoms with E-state index >= 15 is 0 Å². The zero-order valence-electron chi connectivity index (χ0n) is 24.1. The van der Waals surface area contributed by atoms with Crippen LogP contribution in [0.15, 0.2) is 146 Å². The molecule has 0 amide bonds. The van der Waals surface area contributed by atoms with Crippen LogP contribution in [0.2, 0.25) is 0 Å². The lowest BCUT2D eigenvalue weighted by atomic mass is 9.83. The third-order valence-corrected chi connectivity index (χ3v) is 8.93. The molecule has 1 aliphatic carbocycles. The number of imidazole rings is 2. The van der Waals surface area contributed by atoms with Gasteiger partial charge >= 0.3 is 0 Å². The number of nitrogens with zero attached hydrogens (tertiary/aromatic N) is 4. The molecule has 0 N–H and O–H groups in total. The standard InChI is InChI=1S/C40H28N4/c1-2-10-32-31(9-1)39(29-19-15-27(16-20-29)35-25-43-23-7-5-13-37(43)41-35)33-11-3-4-12-34(33)40(32)30-21-17-28(18-22-30)36-26-44-24-8-6-14-38(44)42-36/h1-17,19-21,23-26H,18,22H2. The highest BCUT2D eigenvalue weighted by molar-refractivity contribution is 6.19. The summed E-state index contributed by atoms with van der Waals surface area (Å²) in [5.74, 6) is 0. The van der Waals surface area contributed by atoms with Gasteiger partial charge in [-0.15, -0.1) is 0 Å². The maximum atomic E-state index is 4.88. The minimum absolute atomic E-state index is 0.955. The second kappa shape index (κ2) is 9.92. The minimum atomic E-state index is 0.955. The minimum Gasteiger partial charge on any atom is -0.306 e. The Balaban J connectivity index is 1.17. The van der Waals surface area contributed by atoms with Crippen molar-refractivity contribution in [3.8, 4) is 22.4 Å². The third kappa shape index (κ3) is 3.99. The lowest BCUT2D eigenvalue weighted by Crippen LogP contribution is -1.98. The Morgan fingerprint density at radius 3 is 1.48 bits per heavy atom. The number of rotatable bonds is 4. The maximum absolute atomic E-state index is 4.88. The first-order chi connectivity index (χ1) is 21.8. The van der Waals surface area contributed by atoms with Crippen LogP contribution < -0.4 is 0 Å². The molecule has 4 aromatic heterocycles. The van der Waals surface area contributed by atoms with Gasteiger partial charge in [0.1, 0.15) is 11.3 Å². The van der Waals surface area contributed by atoms with E-state index in [9.17, 15) is 0 Å². The Morgan fingerprint density at radius 1 is 0.432 bits per heavy atom. The molecule has 0 fully saturated rings. The van der Waals surface area contributed by atoms with E-state index in [0.717, 1.165) is 41.1 Å². The number of hydrogen-bond acceptors (Lipinski definition) is 2. The van der Waals surface area contributed by atoms with E-state index in [1.807, 2.05) is 36.5 Å². The monoisotopic (exact) mass is 564 g/mol. The predicted octanol–water partition coefficient (Wildman–Crippen LogP) is 9.88. The maximum Gasteiger partial charge on any atom is 0.137 e. The number of aromatic nitrogens is 4. The molecular formula is C40H28N4. The van der Waals surface area contributed by atoms with Gasteiger partial charge in [-0.1, -0.05) is 97.1 Å². The van der Waals surface area contributed by atoms with Gasteiger partial charge in [-0.05, 0) is 86.5 Å². The van der Waals surface area contributed by atoms with Crippen molar-refractivity contribution in [1.29, 1.82) is 0 Å². The van der Waals surface area contributed by atoms with Crippen molar-refractivity contribution < 1.29 is 0 Å². The van der Waals surface area contributed by atoms with Gasteiger partial charge in [0, 0.05) is 30.4 Å². The molecule has 0 unspecified atom stereocenters. The fourth-order valence-corrected chi connectivity index (χ4v) is 6.82. The molecule has 0 radical (unpaired) electrons. The smallest absolute Gasteiger partial charge is 0.137 e. The normalized spacial score (nSPS) is 13.5. The predicted molar refractivity (Wildman–Crippen MR) is 181 cm³/mol. The zero-order valence-corrected chi connectivity index (χ0v) is 24.1. The number of allylic oxidation sites excluding steroid dienone is 4. The van der Waals surface area contributed by atoms with Crippen molar-refractivity contribution in [3.63, 3.8) is 0 Å². The third-order valence-electron chi connectivity index (χ3n) is 8.93. The molecule has 44 heavy (non-hydrogen) atoms. The second-order valence-corrected chi connectivity index (χ2v) is 11.5. The van der Waals surface area contributed by atoms with Crippen LogP contribution in [0, 0.1) is 0 Å². The largest absolute Gasteiger partial charge is 0.306 e. The Hall–Kier alpha value is -5.74. The van der Waals surface area contributed by atoms with E-state index in [1.54, 1.807) is 0 Å². The van der Waals surface area contributed by atoms with Crippen LogP contribution in [0.1, 0.15) is 24.1 Å². The van der Waals surface area contributed by atoms with Crippen molar-refractivity contribution in [1.82, 2.24) is 18.8 Å². The van der Waals surface area contributed by atoms with Gasteiger partial charge in [-0.2, -0.15) is 0 Å². The molecule has 9 rings (SSSR count). The molecule has 4 aromatic carbocycles. The molecule has 208 valence electrons. The average Bonchev–Trinajstić information content (AvgIpc) is 3.72. The molecule has 0 aliphatic heterocycles. The second-order valence-electron chi connectivity index (χ2n) is 11.5. The molecule has 8 aromatic rings. The summed E-state index contributed by atoms with van der Waals surface area (Å²) in [4.78, 5) is 9.71. The molecule has 0 atom stereocenters. The van der Waals surface area contributed by atoms with E-state index in [-0.39, 0.29) is 0 Å². The van der Waals surface area contributed by atoms with Crippen molar-refractivity contribution >= 4 is 44.0 Å². The van der Waals surface area contributed by atoms with Crippen LogP contribution >= 0.6 is 0 Å². The highest BCUT2D eigenvalue weighted by Crippen LogP contribution is 2.44. The molecular weight excluding hydrogens is 536 g/mol. The average molecular weight is 565 g/mol. The number of pyridine rings is 2. The van der Waals surface area contributed by atoms with Crippen molar-refractivity contribution in [2.24, 2.45) is 0 Å². The summed E-state index contributed by atoms with van der Waals surface area (Å²) in [7, 11) is 0. The number of hydrogen-bond donors (Lipinski definition) is 0. The van der Waals surface area contributed by atoms with Gasteiger partial charge in [0.05, 0.1) is 11.4 Å². The zero-order chi connectivity index (χ0) is 29.0. The van der Waals surface area contributed by atoms with E-state index in [0.29, 0.717) is 0 Å². The molecule has 1 aliphatic rings. The van der Waals surface area contributed by atoms with Crippen LogP contribution in [0.25, 0.3) is 66.4 Å². The summed E-state index contributed by atoms with van der Waals surface area (Å²) in [5.41, 5.74) is 11.6. The van der Waals surface area contributed by atoms with Gasteiger partial charge in [0.2, 0.25) is 0 Å². The van der Waals surface area contributed by atoms with Gasteiger partial charge < -0.3 is 8.80 Å². The summed E-state index contributed by atoms with van der Waals surface area (Å²) in [6.07, 6.45) is 14.9. The topological polar surface area (TPSA) is 34.6 Å². The first kappa shape index (κ1) is 24.8. The highest BCUT2D eigenvalue weighted by Gasteiger charge is 2.20. The Bertz CT molecular complexity index is 2310. The lowest BCUT2D eigenvalue weighted by molar-refractivity contribution is 1.06. The van der Waals surface area contributed by atoms with E-state index in [2.05, 4.69) is 118 Å². The Labute approximate surface area is 254 Å². The Morgan fingerprint density at radius 2 is 0.909 bits per heavy atom. The fraction of sp³-hybridized carbons (Fsp3) is 0.0500. The first-order valence-electron chi connectivity index (χ1n) is 15.1. The first-order valence-corrected chi connectivity index (χ1v) is 15.1. The van der Waals surface area contributed by atoms with Crippen LogP contribution in [0.5, 0.6) is 0 Å².